The number of esters is 1. The molecule has 0 saturated heterocycles. The van der Waals surface area contributed by atoms with Gasteiger partial charge in [-0.3, -0.25) is 9.59 Å². The average Bonchev–Trinajstić information content (AvgIpc) is 2.02. The third-order valence-corrected chi connectivity index (χ3v) is 1.53. The highest BCUT2D eigenvalue weighted by Gasteiger charge is 2.07. The maximum Gasteiger partial charge on any atom is 0.306 e. The van der Waals surface area contributed by atoms with Crippen LogP contribution < -0.4 is 5.32 Å². The fourth-order valence-electron chi connectivity index (χ4n) is 0.857. The van der Waals surface area contributed by atoms with Gasteiger partial charge in [-0.1, -0.05) is 0 Å². The van der Waals surface area contributed by atoms with Crippen molar-refractivity contribution in [3.8, 4) is 0 Å². The zero-order valence-electron chi connectivity index (χ0n) is 7.87. The average molecular weight is 189 g/mol. The van der Waals surface area contributed by atoms with Crippen LogP contribution in [0.15, 0.2) is 0 Å². The van der Waals surface area contributed by atoms with E-state index in [-0.39, 0.29) is 24.9 Å². The molecule has 5 nitrogen and oxygen atoms in total. The summed E-state index contributed by atoms with van der Waals surface area (Å²) in [5.41, 5.74) is 0. The van der Waals surface area contributed by atoms with E-state index in [0.29, 0.717) is 6.54 Å². The normalized spacial score (nSPS) is 12.2. The number of hydrogen-bond donors (Lipinski definition) is 2. The SMILES string of the molecule is COC(=O)CCNC(C)CC(=O)O. The summed E-state index contributed by atoms with van der Waals surface area (Å²) in [5, 5.41) is 11.3. The molecule has 1 unspecified atom stereocenters. The first-order valence-corrected chi connectivity index (χ1v) is 4.08. The van der Waals surface area contributed by atoms with Crippen LogP contribution in [0, 0.1) is 0 Å². The Morgan fingerprint density at radius 3 is 2.62 bits per heavy atom. The molecule has 0 aromatic heterocycles. The standard InChI is InChI=1S/C8H15NO4/c1-6(5-7(10)11)9-4-3-8(12)13-2/h6,9H,3-5H2,1-2H3,(H,10,11). The smallest absolute Gasteiger partial charge is 0.306 e. The Labute approximate surface area is 77.1 Å². The van der Waals surface area contributed by atoms with E-state index < -0.39 is 5.97 Å². The molecule has 0 saturated carbocycles. The molecule has 2 N–H and O–H groups in total. The lowest BCUT2D eigenvalue weighted by Crippen LogP contribution is -2.30. The van der Waals surface area contributed by atoms with Gasteiger partial charge in [-0.15, -0.1) is 0 Å². The molecule has 5 heteroatoms. The summed E-state index contributed by atoms with van der Waals surface area (Å²) in [6, 6.07) is -0.123. The fraction of sp³-hybridized carbons (Fsp3) is 0.750. The first-order valence-electron chi connectivity index (χ1n) is 4.08. The number of aliphatic carboxylic acids is 1. The van der Waals surface area contributed by atoms with Crippen LogP contribution in [0.25, 0.3) is 0 Å². The topological polar surface area (TPSA) is 75.6 Å². The molecule has 0 aliphatic heterocycles. The van der Waals surface area contributed by atoms with Crippen LogP contribution in [-0.2, 0) is 14.3 Å². The van der Waals surface area contributed by atoms with Crippen molar-refractivity contribution in [2.75, 3.05) is 13.7 Å². The van der Waals surface area contributed by atoms with E-state index in [1.54, 1.807) is 6.92 Å². The summed E-state index contributed by atoms with van der Waals surface area (Å²) in [5.74, 6) is -1.15. The van der Waals surface area contributed by atoms with Crippen molar-refractivity contribution < 1.29 is 19.4 Å². The van der Waals surface area contributed by atoms with Crippen LogP contribution in [0.3, 0.4) is 0 Å². The molecular formula is C8H15NO4. The molecule has 0 aliphatic carbocycles. The van der Waals surface area contributed by atoms with E-state index in [4.69, 9.17) is 5.11 Å². The van der Waals surface area contributed by atoms with Crippen molar-refractivity contribution in [2.24, 2.45) is 0 Å². The highest BCUT2D eigenvalue weighted by molar-refractivity contribution is 5.69. The van der Waals surface area contributed by atoms with Gasteiger partial charge in [0.25, 0.3) is 0 Å². The number of carboxylic acid groups (broad SMARTS) is 1. The molecule has 0 aromatic carbocycles. The van der Waals surface area contributed by atoms with Gasteiger partial charge in [0.1, 0.15) is 0 Å². The molecule has 1 atom stereocenters. The minimum Gasteiger partial charge on any atom is -0.481 e. The van der Waals surface area contributed by atoms with Gasteiger partial charge in [-0.2, -0.15) is 0 Å². The van der Waals surface area contributed by atoms with E-state index in [9.17, 15) is 9.59 Å². The summed E-state index contributed by atoms with van der Waals surface area (Å²) in [7, 11) is 1.32. The summed E-state index contributed by atoms with van der Waals surface area (Å²) < 4.78 is 4.42. The molecular weight excluding hydrogens is 174 g/mol. The molecule has 0 rings (SSSR count). The van der Waals surface area contributed by atoms with Crippen molar-refractivity contribution in [1.82, 2.24) is 5.32 Å². The number of carbonyl (C=O) groups excluding carboxylic acids is 1. The van der Waals surface area contributed by atoms with Crippen molar-refractivity contribution in [3.63, 3.8) is 0 Å². The first kappa shape index (κ1) is 11.9. The third kappa shape index (κ3) is 7.27. The molecule has 0 aromatic rings. The lowest BCUT2D eigenvalue weighted by atomic mass is 10.2. The van der Waals surface area contributed by atoms with Gasteiger partial charge in [-0.25, -0.2) is 0 Å². The first-order chi connectivity index (χ1) is 6.06. The van der Waals surface area contributed by atoms with Crippen molar-refractivity contribution in [1.29, 1.82) is 0 Å². The monoisotopic (exact) mass is 189 g/mol. The van der Waals surface area contributed by atoms with Crippen molar-refractivity contribution in [2.45, 2.75) is 25.8 Å². The zero-order chi connectivity index (χ0) is 10.3. The zero-order valence-corrected chi connectivity index (χ0v) is 7.87. The quantitative estimate of drug-likeness (QED) is 0.575. The second-order valence-corrected chi connectivity index (χ2v) is 2.78. The molecule has 0 amide bonds. The number of carboxylic acids is 1. The maximum absolute atomic E-state index is 10.6. The summed E-state index contributed by atoms with van der Waals surface area (Å²) in [6.07, 6.45) is 0.321. The lowest BCUT2D eigenvalue weighted by molar-refractivity contribution is -0.140. The number of hydrogen-bond acceptors (Lipinski definition) is 4. The number of methoxy groups -OCH3 is 1. The Bertz CT molecular complexity index is 181. The van der Waals surface area contributed by atoms with Gasteiger partial charge in [-0.05, 0) is 6.92 Å². The van der Waals surface area contributed by atoms with Crippen LogP contribution in [0.2, 0.25) is 0 Å². The minimum atomic E-state index is -0.849. The van der Waals surface area contributed by atoms with E-state index in [1.165, 1.54) is 7.11 Å². The predicted octanol–water partition coefficient (Wildman–Crippen LogP) is 0.00230. The lowest BCUT2D eigenvalue weighted by Gasteiger charge is -2.09. The van der Waals surface area contributed by atoms with Crippen LogP contribution in [0.4, 0.5) is 0 Å². The number of nitrogens with one attached hydrogen (secondary N) is 1. The largest absolute Gasteiger partial charge is 0.481 e. The van der Waals surface area contributed by atoms with E-state index in [1.807, 2.05) is 0 Å². The highest BCUT2D eigenvalue weighted by atomic mass is 16.5. The van der Waals surface area contributed by atoms with E-state index in [0.717, 1.165) is 0 Å². The molecule has 13 heavy (non-hydrogen) atoms. The molecule has 0 spiro atoms. The predicted molar refractivity (Wildman–Crippen MR) is 46.4 cm³/mol. The van der Waals surface area contributed by atoms with Gasteiger partial charge in [0.05, 0.1) is 20.0 Å². The summed E-state index contributed by atoms with van der Waals surface area (Å²) >= 11 is 0. The molecule has 0 heterocycles. The molecule has 76 valence electrons. The van der Waals surface area contributed by atoms with Crippen LogP contribution >= 0.6 is 0 Å². The maximum atomic E-state index is 10.6. The Morgan fingerprint density at radius 2 is 2.15 bits per heavy atom. The van der Waals surface area contributed by atoms with Gasteiger partial charge < -0.3 is 15.2 Å². The van der Waals surface area contributed by atoms with Crippen LogP contribution in [0.5, 0.6) is 0 Å². The van der Waals surface area contributed by atoms with Gasteiger partial charge >= 0.3 is 11.9 Å². The Hall–Kier alpha value is -1.10. The minimum absolute atomic E-state index is 0.0567. The summed E-state index contributed by atoms with van der Waals surface area (Å²) in [4.78, 5) is 20.9. The second kappa shape index (κ2) is 6.42. The number of rotatable bonds is 6. The van der Waals surface area contributed by atoms with Crippen LogP contribution in [0.1, 0.15) is 19.8 Å². The number of ether oxygens (including phenoxy) is 1. The second-order valence-electron chi connectivity index (χ2n) is 2.78. The van der Waals surface area contributed by atoms with Gasteiger partial charge in [0, 0.05) is 12.6 Å². The molecule has 0 aliphatic rings. The van der Waals surface area contributed by atoms with E-state index in [2.05, 4.69) is 10.1 Å². The van der Waals surface area contributed by atoms with Crippen molar-refractivity contribution in [3.05, 3.63) is 0 Å². The molecule has 0 bridgehead atoms. The molecule has 0 fully saturated rings. The summed E-state index contributed by atoms with van der Waals surface area (Å²) in [6.45, 7) is 2.20. The Morgan fingerprint density at radius 1 is 1.54 bits per heavy atom. The number of carbonyl (C=O) groups is 2. The van der Waals surface area contributed by atoms with Crippen molar-refractivity contribution >= 4 is 11.9 Å². The van der Waals surface area contributed by atoms with Gasteiger partial charge in [0.2, 0.25) is 0 Å². The highest BCUT2D eigenvalue weighted by Crippen LogP contribution is 1.90. The van der Waals surface area contributed by atoms with E-state index >= 15 is 0 Å². The molecule has 0 radical (unpaired) electrons. The Kier molecular flexibility index (Phi) is 5.88. The Balaban J connectivity index is 3.42. The third-order valence-electron chi connectivity index (χ3n) is 1.53. The fourth-order valence-corrected chi connectivity index (χ4v) is 0.857. The van der Waals surface area contributed by atoms with Gasteiger partial charge in [0.15, 0.2) is 0 Å². The van der Waals surface area contributed by atoms with Crippen LogP contribution in [-0.4, -0.2) is 36.7 Å².